The van der Waals surface area contributed by atoms with Crippen molar-refractivity contribution >= 4 is 17.6 Å². The number of aryl methyl sites for hydroxylation is 1. The minimum Gasteiger partial charge on any atom is -0.507 e. The van der Waals surface area contributed by atoms with Crippen molar-refractivity contribution in [1.29, 1.82) is 0 Å². The van der Waals surface area contributed by atoms with Crippen molar-refractivity contribution in [2.75, 3.05) is 18.5 Å². The van der Waals surface area contributed by atoms with Crippen LogP contribution in [0.4, 0.5) is 5.69 Å². The normalized spacial score (nSPS) is 13.6. The van der Waals surface area contributed by atoms with E-state index in [4.69, 9.17) is 14.2 Å². The molecule has 136 valence electrons. The number of aromatic hydroxyl groups is 1. The molecule has 0 saturated carbocycles. The standard InChI is InChI=1S/C19H19NO6/c1-11-3-5-14(15(21)9-11)19(23)26-12(2)18(22)20-13-4-6-16-17(10-13)25-8-7-24-16/h3-6,9-10,12,21H,7-8H2,1-2H3,(H,20,22). The summed E-state index contributed by atoms with van der Waals surface area (Å²) in [7, 11) is 0. The number of ether oxygens (including phenoxy) is 3. The summed E-state index contributed by atoms with van der Waals surface area (Å²) in [6.07, 6.45) is -1.04. The van der Waals surface area contributed by atoms with E-state index in [2.05, 4.69) is 5.32 Å². The number of phenolic OH excluding ortho intramolecular Hbond substituents is 1. The summed E-state index contributed by atoms with van der Waals surface area (Å²) < 4.78 is 16.0. The van der Waals surface area contributed by atoms with Gasteiger partial charge in [-0.3, -0.25) is 4.79 Å². The number of nitrogens with one attached hydrogen (secondary N) is 1. The van der Waals surface area contributed by atoms with Gasteiger partial charge in [0.15, 0.2) is 17.6 Å². The third-order valence-corrected chi connectivity index (χ3v) is 3.84. The predicted octanol–water partition coefficient (Wildman–Crippen LogP) is 2.66. The fourth-order valence-electron chi connectivity index (χ4n) is 2.46. The van der Waals surface area contributed by atoms with Crippen molar-refractivity contribution in [2.24, 2.45) is 0 Å². The second-order valence-electron chi connectivity index (χ2n) is 5.92. The van der Waals surface area contributed by atoms with Gasteiger partial charge >= 0.3 is 5.97 Å². The molecule has 7 heteroatoms. The largest absolute Gasteiger partial charge is 0.507 e. The molecular weight excluding hydrogens is 338 g/mol. The van der Waals surface area contributed by atoms with Gasteiger partial charge in [-0.2, -0.15) is 0 Å². The molecule has 2 aromatic carbocycles. The van der Waals surface area contributed by atoms with Gasteiger partial charge in [0.25, 0.3) is 5.91 Å². The number of hydrogen-bond donors (Lipinski definition) is 2. The minimum atomic E-state index is -1.04. The van der Waals surface area contributed by atoms with Crippen LogP contribution >= 0.6 is 0 Å². The Balaban J connectivity index is 1.63. The predicted molar refractivity (Wildman–Crippen MR) is 93.8 cm³/mol. The molecule has 1 unspecified atom stereocenters. The van der Waals surface area contributed by atoms with Crippen LogP contribution in [-0.4, -0.2) is 36.3 Å². The molecule has 0 bridgehead atoms. The van der Waals surface area contributed by atoms with Crippen LogP contribution < -0.4 is 14.8 Å². The van der Waals surface area contributed by atoms with E-state index >= 15 is 0 Å². The van der Waals surface area contributed by atoms with Gasteiger partial charge in [-0.1, -0.05) is 6.07 Å². The first-order valence-corrected chi connectivity index (χ1v) is 8.15. The van der Waals surface area contributed by atoms with Crippen molar-refractivity contribution < 1.29 is 28.9 Å². The quantitative estimate of drug-likeness (QED) is 0.817. The fraction of sp³-hybridized carbons (Fsp3) is 0.263. The van der Waals surface area contributed by atoms with E-state index in [0.29, 0.717) is 30.4 Å². The molecule has 1 heterocycles. The fourth-order valence-corrected chi connectivity index (χ4v) is 2.46. The van der Waals surface area contributed by atoms with E-state index in [1.54, 1.807) is 31.2 Å². The first-order chi connectivity index (χ1) is 12.4. The zero-order chi connectivity index (χ0) is 18.7. The topological polar surface area (TPSA) is 94.1 Å². The Labute approximate surface area is 150 Å². The van der Waals surface area contributed by atoms with E-state index in [0.717, 1.165) is 5.56 Å². The van der Waals surface area contributed by atoms with Gasteiger partial charge in [-0.25, -0.2) is 4.79 Å². The second-order valence-corrected chi connectivity index (χ2v) is 5.92. The van der Waals surface area contributed by atoms with E-state index < -0.39 is 18.0 Å². The number of hydrogen-bond acceptors (Lipinski definition) is 6. The van der Waals surface area contributed by atoms with Crippen LogP contribution in [0.1, 0.15) is 22.8 Å². The first-order valence-electron chi connectivity index (χ1n) is 8.15. The third kappa shape index (κ3) is 3.88. The highest BCUT2D eigenvalue weighted by atomic mass is 16.6. The summed E-state index contributed by atoms with van der Waals surface area (Å²) in [6.45, 7) is 4.17. The Hall–Kier alpha value is -3.22. The highest BCUT2D eigenvalue weighted by Gasteiger charge is 2.22. The first kappa shape index (κ1) is 17.6. The van der Waals surface area contributed by atoms with Gasteiger partial charge in [0.1, 0.15) is 24.5 Å². The van der Waals surface area contributed by atoms with Crippen LogP contribution in [0.15, 0.2) is 36.4 Å². The SMILES string of the molecule is Cc1ccc(C(=O)OC(C)C(=O)Nc2ccc3c(c2)OCCO3)c(O)c1. The molecule has 3 rings (SSSR count). The molecule has 1 aliphatic heterocycles. The van der Waals surface area contributed by atoms with E-state index in [-0.39, 0.29) is 11.3 Å². The number of rotatable bonds is 4. The average Bonchev–Trinajstić information content (AvgIpc) is 2.61. The lowest BCUT2D eigenvalue weighted by Crippen LogP contribution is -2.30. The highest BCUT2D eigenvalue weighted by Crippen LogP contribution is 2.32. The molecule has 0 aliphatic carbocycles. The average molecular weight is 357 g/mol. The number of fused-ring (bicyclic) bond motifs is 1. The maximum absolute atomic E-state index is 12.3. The monoisotopic (exact) mass is 357 g/mol. The van der Waals surface area contributed by atoms with E-state index in [1.165, 1.54) is 19.1 Å². The number of carbonyl (C=O) groups is 2. The molecule has 1 amide bonds. The molecule has 26 heavy (non-hydrogen) atoms. The number of phenols is 1. The van der Waals surface area contributed by atoms with Crippen LogP contribution in [0.25, 0.3) is 0 Å². The molecule has 2 N–H and O–H groups in total. The Morgan fingerprint density at radius 3 is 2.58 bits per heavy atom. The molecule has 7 nitrogen and oxygen atoms in total. The minimum absolute atomic E-state index is 0.00887. The summed E-state index contributed by atoms with van der Waals surface area (Å²) in [5.41, 5.74) is 1.32. The zero-order valence-electron chi connectivity index (χ0n) is 14.4. The molecule has 0 aromatic heterocycles. The summed E-state index contributed by atoms with van der Waals surface area (Å²) in [4.78, 5) is 24.4. The molecule has 0 fully saturated rings. The van der Waals surface area contributed by atoms with Gasteiger partial charge in [-0.15, -0.1) is 0 Å². The van der Waals surface area contributed by atoms with E-state index in [9.17, 15) is 14.7 Å². The smallest absolute Gasteiger partial charge is 0.342 e. The molecule has 1 aliphatic rings. The molecular formula is C19H19NO6. The van der Waals surface area contributed by atoms with Gasteiger partial charge in [0.2, 0.25) is 0 Å². The van der Waals surface area contributed by atoms with Crippen LogP contribution in [0.3, 0.4) is 0 Å². The zero-order valence-corrected chi connectivity index (χ0v) is 14.4. The molecule has 2 aromatic rings. The second kappa shape index (κ2) is 7.35. The number of amides is 1. The Morgan fingerprint density at radius 1 is 1.12 bits per heavy atom. The Kier molecular flexibility index (Phi) is 4.97. The maximum Gasteiger partial charge on any atom is 0.342 e. The number of carbonyl (C=O) groups excluding carboxylic acids is 2. The van der Waals surface area contributed by atoms with Crippen molar-refractivity contribution in [1.82, 2.24) is 0 Å². The van der Waals surface area contributed by atoms with Gasteiger partial charge < -0.3 is 24.6 Å². The van der Waals surface area contributed by atoms with Crippen molar-refractivity contribution in [3.8, 4) is 17.2 Å². The van der Waals surface area contributed by atoms with Crippen LogP contribution in [0.5, 0.6) is 17.2 Å². The van der Waals surface area contributed by atoms with E-state index in [1.807, 2.05) is 0 Å². The highest BCUT2D eigenvalue weighted by molar-refractivity contribution is 5.98. The summed E-state index contributed by atoms with van der Waals surface area (Å²) >= 11 is 0. The number of benzene rings is 2. The summed E-state index contributed by atoms with van der Waals surface area (Å²) in [6, 6.07) is 9.61. The summed E-state index contributed by atoms with van der Waals surface area (Å²) in [5.74, 6) is -0.296. The number of esters is 1. The van der Waals surface area contributed by atoms with Gasteiger partial charge in [0, 0.05) is 11.8 Å². The van der Waals surface area contributed by atoms with Crippen LogP contribution in [0, 0.1) is 6.92 Å². The Morgan fingerprint density at radius 2 is 1.85 bits per heavy atom. The number of anilines is 1. The molecule has 0 spiro atoms. The third-order valence-electron chi connectivity index (χ3n) is 3.84. The van der Waals surface area contributed by atoms with Crippen LogP contribution in [0.2, 0.25) is 0 Å². The van der Waals surface area contributed by atoms with Crippen molar-refractivity contribution in [3.05, 3.63) is 47.5 Å². The Bertz CT molecular complexity index is 848. The molecule has 0 saturated heterocycles. The van der Waals surface area contributed by atoms with Crippen molar-refractivity contribution in [2.45, 2.75) is 20.0 Å². The molecule has 1 atom stereocenters. The van der Waals surface area contributed by atoms with Crippen molar-refractivity contribution in [3.63, 3.8) is 0 Å². The molecule has 0 radical (unpaired) electrons. The van der Waals surface area contributed by atoms with Gasteiger partial charge in [0.05, 0.1) is 0 Å². The van der Waals surface area contributed by atoms with Gasteiger partial charge in [-0.05, 0) is 43.7 Å². The lowest BCUT2D eigenvalue weighted by molar-refractivity contribution is -0.123. The lowest BCUT2D eigenvalue weighted by Gasteiger charge is -2.19. The summed E-state index contributed by atoms with van der Waals surface area (Å²) in [5, 5.41) is 12.5. The lowest BCUT2D eigenvalue weighted by atomic mass is 10.1. The van der Waals surface area contributed by atoms with Crippen LogP contribution in [-0.2, 0) is 9.53 Å². The maximum atomic E-state index is 12.3.